The molecule has 5 nitrogen and oxygen atoms in total. The van der Waals surface area contributed by atoms with Crippen LogP contribution in [0.3, 0.4) is 0 Å². The molecule has 1 rings (SSSR count). The molecule has 1 aliphatic heterocycles. The second-order valence-electron chi connectivity index (χ2n) is 5.89. The molecule has 1 saturated heterocycles. The molecule has 1 aliphatic rings. The molecule has 1 unspecified atom stereocenters. The van der Waals surface area contributed by atoms with E-state index in [1.54, 1.807) is 0 Å². The number of unbranched alkanes of at least 4 members (excludes halogenated alkanes) is 3. The van der Waals surface area contributed by atoms with Gasteiger partial charge in [0, 0.05) is 13.0 Å². The number of hydrogen-bond donors (Lipinski definition) is 1. The summed E-state index contributed by atoms with van der Waals surface area (Å²) in [5.74, 6) is -0.0880. The van der Waals surface area contributed by atoms with Gasteiger partial charge >= 0.3 is 6.09 Å². The molecule has 0 aromatic rings. The number of nitrogens with one attached hydrogen (secondary N) is 1. The van der Waals surface area contributed by atoms with E-state index in [9.17, 15) is 9.59 Å². The third-order valence-corrected chi connectivity index (χ3v) is 3.95. The van der Waals surface area contributed by atoms with Crippen LogP contribution in [0.2, 0.25) is 0 Å². The molecule has 5 heteroatoms. The zero-order valence-corrected chi connectivity index (χ0v) is 13.7. The molecule has 2 atom stereocenters. The van der Waals surface area contributed by atoms with Gasteiger partial charge in [0.1, 0.15) is 6.10 Å². The highest BCUT2D eigenvalue weighted by Gasteiger charge is 2.35. The van der Waals surface area contributed by atoms with E-state index >= 15 is 0 Å². The average Bonchev–Trinajstić information content (AvgIpc) is 2.81. The summed E-state index contributed by atoms with van der Waals surface area (Å²) in [6, 6.07) is 0.284. The van der Waals surface area contributed by atoms with Gasteiger partial charge in [-0.05, 0) is 12.8 Å². The van der Waals surface area contributed by atoms with Crippen molar-refractivity contribution in [2.75, 3.05) is 13.1 Å². The van der Waals surface area contributed by atoms with Gasteiger partial charge in [0.25, 0.3) is 0 Å². The van der Waals surface area contributed by atoms with E-state index in [0.717, 1.165) is 32.1 Å². The van der Waals surface area contributed by atoms with E-state index < -0.39 is 0 Å². The Morgan fingerprint density at radius 1 is 1.29 bits per heavy atom. The van der Waals surface area contributed by atoms with Gasteiger partial charge in [0.05, 0.1) is 13.1 Å². The second kappa shape index (κ2) is 9.64. The molecule has 0 radical (unpaired) electrons. The molecule has 2 amide bonds. The van der Waals surface area contributed by atoms with Crippen LogP contribution in [-0.2, 0) is 9.53 Å². The van der Waals surface area contributed by atoms with Crippen LogP contribution in [0.4, 0.5) is 4.79 Å². The van der Waals surface area contributed by atoms with Crippen molar-refractivity contribution in [2.24, 2.45) is 0 Å². The van der Waals surface area contributed by atoms with Crippen molar-refractivity contribution in [1.29, 1.82) is 0 Å². The van der Waals surface area contributed by atoms with Crippen molar-refractivity contribution in [3.63, 3.8) is 0 Å². The lowest BCUT2D eigenvalue weighted by Crippen LogP contribution is -2.38. The minimum Gasteiger partial charge on any atom is -0.442 e. The largest absolute Gasteiger partial charge is 0.442 e. The number of rotatable bonds is 10. The zero-order valence-electron chi connectivity index (χ0n) is 13.7. The molecule has 0 saturated carbocycles. The van der Waals surface area contributed by atoms with Crippen LogP contribution >= 0.6 is 0 Å². The maximum Gasteiger partial charge on any atom is 0.410 e. The SMILES string of the molecule is CCCCCC(CCCC)N1C[C@H](CNC(C)=O)OC1=O. The molecule has 122 valence electrons. The monoisotopic (exact) mass is 298 g/mol. The van der Waals surface area contributed by atoms with Gasteiger partial charge in [-0.3, -0.25) is 4.79 Å². The minimum absolute atomic E-state index is 0.0880. The van der Waals surface area contributed by atoms with Crippen LogP contribution in [0.25, 0.3) is 0 Å². The maximum absolute atomic E-state index is 12.1. The molecule has 1 heterocycles. The highest BCUT2D eigenvalue weighted by atomic mass is 16.6. The Morgan fingerprint density at radius 3 is 2.57 bits per heavy atom. The summed E-state index contributed by atoms with van der Waals surface area (Å²) >= 11 is 0. The number of carbonyl (C=O) groups is 2. The molecule has 1 N–H and O–H groups in total. The molecule has 0 spiro atoms. The summed E-state index contributed by atoms with van der Waals surface area (Å²) in [5.41, 5.74) is 0. The highest BCUT2D eigenvalue weighted by Crippen LogP contribution is 2.22. The fourth-order valence-electron chi connectivity index (χ4n) is 2.73. The van der Waals surface area contributed by atoms with E-state index in [1.165, 1.54) is 19.8 Å². The summed E-state index contributed by atoms with van der Waals surface area (Å²) in [7, 11) is 0. The van der Waals surface area contributed by atoms with E-state index in [-0.39, 0.29) is 24.1 Å². The van der Waals surface area contributed by atoms with Crippen LogP contribution in [-0.4, -0.2) is 42.1 Å². The molecule has 0 bridgehead atoms. The molecule has 0 aliphatic carbocycles. The lowest BCUT2D eigenvalue weighted by atomic mass is 10.0. The number of carbonyl (C=O) groups excluding carboxylic acids is 2. The van der Waals surface area contributed by atoms with E-state index in [2.05, 4.69) is 19.2 Å². The predicted octanol–water partition coefficient (Wildman–Crippen LogP) is 3.08. The first-order chi connectivity index (χ1) is 10.1. The van der Waals surface area contributed by atoms with Crippen molar-refractivity contribution in [1.82, 2.24) is 10.2 Å². The summed E-state index contributed by atoms with van der Waals surface area (Å²) in [4.78, 5) is 24.9. The fraction of sp³-hybridized carbons (Fsp3) is 0.875. The summed E-state index contributed by atoms with van der Waals surface area (Å²) in [5, 5.41) is 2.72. The van der Waals surface area contributed by atoms with Crippen LogP contribution in [0.1, 0.15) is 65.7 Å². The van der Waals surface area contributed by atoms with Crippen molar-refractivity contribution in [3.05, 3.63) is 0 Å². The third kappa shape index (κ3) is 6.36. The van der Waals surface area contributed by atoms with Gasteiger partial charge in [0.15, 0.2) is 0 Å². The van der Waals surface area contributed by atoms with Crippen LogP contribution < -0.4 is 5.32 Å². The smallest absolute Gasteiger partial charge is 0.410 e. The van der Waals surface area contributed by atoms with E-state index in [0.29, 0.717) is 13.1 Å². The predicted molar refractivity (Wildman–Crippen MR) is 83.1 cm³/mol. The Morgan fingerprint density at radius 2 is 1.95 bits per heavy atom. The Labute approximate surface area is 128 Å². The van der Waals surface area contributed by atoms with Crippen molar-refractivity contribution < 1.29 is 14.3 Å². The first kappa shape index (κ1) is 17.8. The van der Waals surface area contributed by atoms with E-state index in [4.69, 9.17) is 4.74 Å². The van der Waals surface area contributed by atoms with Crippen LogP contribution in [0.5, 0.6) is 0 Å². The Hall–Kier alpha value is -1.26. The fourth-order valence-corrected chi connectivity index (χ4v) is 2.73. The zero-order chi connectivity index (χ0) is 15.7. The van der Waals surface area contributed by atoms with Gasteiger partial charge in [-0.25, -0.2) is 4.79 Å². The summed E-state index contributed by atoms with van der Waals surface area (Å²) < 4.78 is 5.36. The molecular formula is C16H30N2O3. The lowest BCUT2D eigenvalue weighted by Gasteiger charge is -2.25. The number of hydrogen-bond acceptors (Lipinski definition) is 3. The van der Waals surface area contributed by atoms with E-state index in [1.807, 2.05) is 4.90 Å². The Balaban J connectivity index is 2.51. The van der Waals surface area contributed by atoms with Gasteiger partial charge in [-0.1, -0.05) is 46.0 Å². The number of nitrogens with zero attached hydrogens (tertiary/aromatic N) is 1. The van der Waals surface area contributed by atoms with Crippen LogP contribution in [0.15, 0.2) is 0 Å². The first-order valence-electron chi connectivity index (χ1n) is 8.30. The second-order valence-corrected chi connectivity index (χ2v) is 5.89. The standard InChI is InChI=1S/C16H30N2O3/c1-4-6-8-10-14(9-7-5-2)18-12-15(21-16(18)20)11-17-13(3)19/h14-15H,4-12H2,1-3H3,(H,17,19)/t14?,15-/m0/s1. The van der Waals surface area contributed by atoms with Gasteiger partial charge in [-0.2, -0.15) is 0 Å². The summed E-state index contributed by atoms with van der Waals surface area (Å²) in [6.45, 7) is 6.84. The average molecular weight is 298 g/mol. The van der Waals surface area contributed by atoms with Crippen molar-refractivity contribution in [3.8, 4) is 0 Å². The molecule has 0 aromatic heterocycles. The maximum atomic E-state index is 12.1. The lowest BCUT2D eigenvalue weighted by molar-refractivity contribution is -0.119. The minimum atomic E-state index is -0.219. The van der Waals surface area contributed by atoms with Gasteiger partial charge in [-0.15, -0.1) is 0 Å². The topological polar surface area (TPSA) is 58.6 Å². The normalized spacial score (nSPS) is 19.5. The van der Waals surface area contributed by atoms with Crippen molar-refractivity contribution >= 4 is 12.0 Å². The summed E-state index contributed by atoms with van der Waals surface area (Å²) in [6.07, 6.45) is 7.50. The molecule has 21 heavy (non-hydrogen) atoms. The quantitative estimate of drug-likeness (QED) is 0.631. The Kier molecular flexibility index (Phi) is 8.16. The van der Waals surface area contributed by atoms with Crippen molar-refractivity contribution in [2.45, 2.75) is 77.9 Å². The third-order valence-electron chi connectivity index (χ3n) is 3.95. The number of cyclic esters (lactones) is 1. The first-order valence-corrected chi connectivity index (χ1v) is 8.30. The van der Waals surface area contributed by atoms with Gasteiger partial charge in [0.2, 0.25) is 5.91 Å². The molecule has 1 fully saturated rings. The van der Waals surface area contributed by atoms with Gasteiger partial charge < -0.3 is 15.0 Å². The Bertz CT molecular complexity index is 333. The molecular weight excluding hydrogens is 268 g/mol. The number of amides is 2. The molecule has 0 aromatic carbocycles. The highest BCUT2D eigenvalue weighted by molar-refractivity contribution is 5.73. The van der Waals surface area contributed by atoms with Crippen LogP contribution in [0, 0.1) is 0 Å². The number of ether oxygens (including phenoxy) is 1.